The van der Waals surface area contributed by atoms with Crippen LogP contribution in [0.1, 0.15) is 50.0 Å². The summed E-state index contributed by atoms with van der Waals surface area (Å²) in [7, 11) is 1.80. The largest absolute Gasteiger partial charge is 0.354 e. The van der Waals surface area contributed by atoms with E-state index < -0.39 is 0 Å². The van der Waals surface area contributed by atoms with Gasteiger partial charge in [-0.2, -0.15) is 0 Å². The molecule has 0 radical (unpaired) electrons. The van der Waals surface area contributed by atoms with Gasteiger partial charge in [0.05, 0.1) is 0 Å². The molecule has 2 atom stereocenters. The van der Waals surface area contributed by atoms with Gasteiger partial charge in [-0.3, -0.25) is 4.99 Å². The number of hydrogen-bond donors (Lipinski definition) is 2. The van der Waals surface area contributed by atoms with Crippen molar-refractivity contribution in [2.75, 3.05) is 7.05 Å². The van der Waals surface area contributed by atoms with Crippen LogP contribution in [0.25, 0.3) is 0 Å². The van der Waals surface area contributed by atoms with E-state index in [0.717, 1.165) is 17.9 Å². The number of aliphatic imine (C=N–C) groups is 1. The van der Waals surface area contributed by atoms with Gasteiger partial charge in [-0.1, -0.05) is 37.5 Å². The van der Waals surface area contributed by atoms with Crippen LogP contribution in [0.15, 0.2) is 29.3 Å². The Hall–Kier alpha value is -0.850. The molecule has 5 heteroatoms. The van der Waals surface area contributed by atoms with Gasteiger partial charge >= 0.3 is 0 Å². The van der Waals surface area contributed by atoms with Gasteiger partial charge in [-0.25, -0.2) is 4.39 Å². The van der Waals surface area contributed by atoms with E-state index in [4.69, 9.17) is 0 Å². The third-order valence-electron chi connectivity index (χ3n) is 4.59. The number of nitrogens with one attached hydrogen (secondary N) is 2. The molecule has 22 heavy (non-hydrogen) atoms. The van der Waals surface area contributed by atoms with E-state index in [1.807, 2.05) is 12.1 Å². The van der Waals surface area contributed by atoms with Gasteiger partial charge in [-0.05, 0) is 30.9 Å². The molecule has 2 unspecified atom stereocenters. The Kier molecular flexibility index (Phi) is 6.47. The van der Waals surface area contributed by atoms with Crippen LogP contribution in [0.4, 0.5) is 4.39 Å². The maximum absolute atomic E-state index is 13.8. The average molecular weight is 417 g/mol. The Labute approximate surface area is 149 Å². The minimum absolute atomic E-state index is 0. The zero-order valence-electron chi connectivity index (χ0n) is 13.0. The SMILES string of the molecule is CN=C(NC1CCCCC1)NC1CC1c1ccccc1F.I. The van der Waals surface area contributed by atoms with Gasteiger partial charge in [0.1, 0.15) is 5.82 Å². The van der Waals surface area contributed by atoms with Crippen LogP contribution >= 0.6 is 24.0 Å². The monoisotopic (exact) mass is 417 g/mol. The number of nitrogens with zero attached hydrogens (tertiary/aromatic N) is 1. The van der Waals surface area contributed by atoms with Crippen molar-refractivity contribution in [2.24, 2.45) is 4.99 Å². The maximum atomic E-state index is 13.8. The van der Waals surface area contributed by atoms with Gasteiger partial charge in [0.25, 0.3) is 0 Å². The highest BCUT2D eigenvalue weighted by Gasteiger charge is 2.40. The molecule has 0 amide bonds. The molecule has 0 aliphatic heterocycles. The van der Waals surface area contributed by atoms with Gasteiger partial charge < -0.3 is 10.6 Å². The van der Waals surface area contributed by atoms with Gasteiger partial charge in [0, 0.05) is 25.0 Å². The summed E-state index contributed by atoms with van der Waals surface area (Å²) in [6, 6.07) is 7.92. The molecule has 0 aromatic heterocycles. The Morgan fingerprint density at radius 1 is 1.14 bits per heavy atom. The number of benzene rings is 1. The van der Waals surface area contributed by atoms with E-state index in [1.54, 1.807) is 19.2 Å². The molecule has 3 rings (SSSR count). The molecule has 2 aliphatic carbocycles. The van der Waals surface area contributed by atoms with Crippen molar-refractivity contribution in [3.8, 4) is 0 Å². The summed E-state index contributed by atoms with van der Waals surface area (Å²) in [4.78, 5) is 4.31. The summed E-state index contributed by atoms with van der Waals surface area (Å²) in [6.45, 7) is 0. The molecule has 0 bridgehead atoms. The lowest BCUT2D eigenvalue weighted by molar-refractivity contribution is 0.410. The van der Waals surface area contributed by atoms with E-state index in [1.165, 1.54) is 32.1 Å². The molecule has 2 aliphatic rings. The van der Waals surface area contributed by atoms with Crippen molar-refractivity contribution in [3.05, 3.63) is 35.6 Å². The van der Waals surface area contributed by atoms with Crippen molar-refractivity contribution in [1.29, 1.82) is 0 Å². The van der Waals surface area contributed by atoms with E-state index in [-0.39, 0.29) is 35.7 Å². The van der Waals surface area contributed by atoms with Crippen LogP contribution in [-0.4, -0.2) is 25.1 Å². The van der Waals surface area contributed by atoms with Crippen LogP contribution in [0.3, 0.4) is 0 Å². The smallest absolute Gasteiger partial charge is 0.191 e. The normalized spacial score (nSPS) is 25.3. The molecule has 122 valence electrons. The van der Waals surface area contributed by atoms with Crippen LogP contribution < -0.4 is 10.6 Å². The van der Waals surface area contributed by atoms with E-state index >= 15 is 0 Å². The van der Waals surface area contributed by atoms with Crippen molar-refractivity contribution < 1.29 is 4.39 Å². The highest BCUT2D eigenvalue weighted by atomic mass is 127. The van der Waals surface area contributed by atoms with Gasteiger partial charge in [0.2, 0.25) is 0 Å². The fourth-order valence-electron chi connectivity index (χ4n) is 3.26. The molecule has 0 saturated heterocycles. The second-order valence-corrected chi connectivity index (χ2v) is 6.17. The third kappa shape index (κ3) is 4.33. The lowest BCUT2D eigenvalue weighted by atomic mass is 9.96. The average Bonchev–Trinajstić information content (AvgIpc) is 3.27. The molecule has 2 saturated carbocycles. The Morgan fingerprint density at radius 2 is 1.86 bits per heavy atom. The zero-order valence-corrected chi connectivity index (χ0v) is 15.3. The summed E-state index contributed by atoms with van der Waals surface area (Å²) in [5.41, 5.74) is 0.822. The zero-order chi connectivity index (χ0) is 14.7. The number of halogens is 2. The molecule has 2 N–H and O–H groups in total. The van der Waals surface area contributed by atoms with Crippen LogP contribution in [0, 0.1) is 5.82 Å². The molecular formula is C17H25FIN3. The van der Waals surface area contributed by atoms with Crippen LogP contribution in [-0.2, 0) is 0 Å². The second kappa shape index (κ2) is 8.13. The molecule has 0 heterocycles. The summed E-state index contributed by atoms with van der Waals surface area (Å²) in [5, 5.41) is 6.94. The third-order valence-corrected chi connectivity index (χ3v) is 4.59. The van der Waals surface area contributed by atoms with Gasteiger partial charge in [-0.15, -0.1) is 24.0 Å². The van der Waals surface area contributed by atoms with E-state index in [2.05, 4.69) is 15.6 Å². The summed E-state index contributed by atoms with van der Waals surface area (Å²) < 4.78 is 13.8. The highest BCUT2D eigenvalue weighted by Crippen LogP contribution is 2.41. The molecule has 0 spiro atoms. The van der Waals surface area contributed by atoms with Gasteiger partial charge in [0.15, 0.2) is 5.96 Å². The minimum atomic E-state index is -0.0953. The molecule has 2 fully saturated rings. The van der Waals surface area contributed by atoms with E-state index in [9.17, 15) is 4.39 Å². The predicted molar refractivity (Wildman–Crippen MR) is 99.5 cm³/mol. The topological polar surface area (TPSA) is 36.4 Å². The van der Waals surface area contributed by atoms with E-state index in [0.29, 0.717) is 12.1 Å². The lowest BCUT2D eigenvalue weighted by Gasteiger charge is -2.25. The standard InChI is InChI=1S/C17H24FN3.HI/c1-19-17(20-12-7-3-2-4-8-12)21-16-11-14(16)13-9-5-6-10-15(13)18;/h5-6,9-10,12,14,16H,2-4,7-8,11H2,1H3,(H2,19,20,21);1H. The second-order valence-electron chi connectivity index (χ2n) is 6.17. The summed E-state index contributed by atoms with van der Waals surface area (Å²) in [6.07, 6.45) is 7.38. The molecule has 3 nitrogen and oxygen atoms in total. The highest BCUT2D eigenvalue weighted by molar-refractivity contribution is 14.0. The Balaban J connectivity index is 0.00000176. The molecule has 1 aromatic rings. The van der Waals surface area contributed by atoms with Crippen molar-refractivity contribution in [3.63, 3.8) is 0 Å². The van der Waals surface area contributed by atoms with Crippen molar-refractivity contribution in [1.82, 2.24) is 10.6 Å². The Morgan fingerprint density at radius 3 is 2.55 bits per heavy atom. The lowest BCUT2D eigenvalue weighted by Crippen LogP contribution is -2.45. The summed E-state index contributed by atoms with van der Waals surface area (Å²) in [5.74, 6) is 1.05. The summed E-state index contributed by atoms with van der Waals surface area (Å²) >= 11 is 0. The first-order valence-electron chi connectivity index (χ1n) is 8.02. The number of hydrogen-bond acceptors (Lipinski definition) is 1. The number of rotatable bonds is 3. The van der Waals surface area contributed by atoms with Crippen molar-refractivity contribution in [2.45, 2.75) is 56.5 Å². The minimum Gasteiger partial charge on any atom is -0.354 e. The fourth-order valence-corrected chi connectivity index (χ4v) is 3.26. The Bertz CT molecular complexity index is 514. The first-order chi connectivity index (χ1) is 10.3. The van der Waals surface area contributed by atoms with Crippen LogP contribution in [0.2, 0.25) is 0 Å². The number of guanidine groups is 1. The predicted octanol–water partition coefficient (Wildman–Crippen LogP) is 3.80. The molecule has 1 aromatic carbocycles. The fraction of sp³-hybridized carbons (Fsp3) is 0.588. The quantitative estimate of drug-likeness (QED) is 0.446. The first kappa shape index (κ1) is 17.5. The maximum Gasteiger partial charge on any atom is 0.191 e. The first-order valence-corrected chi connectivity index (χ1v) is 8.02. The van der Waals surface area contributed by atoms with Crippen LogP contribution in [0.5, 0.6) is 0 Å². The van der Waals surface area contributed by atoms with Crippen molar-refractivity contribution >= 4 is 29.9 Å². The molecular weight excluding hydrogens is 392 g/mol.